The van der Waals surface area contributed by atoms with Gasteiger partial charge in [-0.05, 0) is 13.3 Å². The van der Waals surface area contributed by atoms with Gasteiger partial charge in [0.15, 0.2) is 0 Å². The standard InChI is InChI=1S/C14H24N4O3/c1-4-15-13-11-16-12(10-17-13)14(19)18(7-9-21-3)6-5-8-20-2/h10-11H,4-9H2,1-3H3,(H,15,17). The van der Waals surface area contributed by atoms with Crippen molar-refractivity contribution in [3.8, 4) is 0 Å². The second-order valence-electron chi connectivity index (χ2n) is 4.45. The highest BCUT2D eigenvalue weighted by atomic mass is 16.5. The van der Waals surface area contributed by atoms with Gasteiger partial charge in [-0.2, -0.15) is 0 Å². The molecule has 118 valence electrons. The number of hydrogen-bond acceptors (Lipinski definition) is 6. The summed E-state index contributed by atoms with van der Waals surface area (Å²) in [5.41, 5.74) is 0.338. The lowest BCUT2D eigenvalue weighted by Crippen LogP contribution is -2.35. The van der Waals surface area contributed by atoms with Gasteiger partial charge in [-0.1, -0.05) is 0 Å². The number of methoxy groups -OCH3 is 2. The first-order chi connectivity index (χ1) is 10.2. The van der Waals surface area contributed by atoms with Gasteiger partial charge >= 0.3 is 0 Å². The largest absolute Gasteiger partial charge is 0.385 e. The highest BCUT2D eigenvalue weighted by Crippen LogP contribution is 2.05. The van der Waals surface area contributed by atoms with Gasteiger partial charge < -0.3 is 19.7 Å². The minimum atomic E-state index is -0.140. The zero-order valence-electron chi connectivity index (χ0n) is 13.0. The summed E-state index contributed by atoms with van der Waals surface area (Å²) in [5, 5.41) is 3.04. The molecule has 1 aromatic heterocycles. The maximum atomic E-state index is 12.4. The number of ether oxygens (including phenoxy) is 2. The van der Waals surface area contributed by atoms with Gasteiger partial charge in [0, 0.05) is 40.5 Å². The van der Waals surface area contributed by atoms with Gasteiger partial charge in [-0.15, -0.1) is 0 Å². The third-order valence-electron chi connectivity index (χ3n) is 2.86. The first kappa shape index (κ1) is 17.3. The molecule has 0 aromatic carbocycles. The Morgan fingerprint density at radius 3 is 2.52 bits per heavy atom. The van der Waals surface area contributed by atoms with Crippen molar-refractivity contribution in [1.82, 2.24) is 14.9 Å². The molecule has 21 heavy (non-hydrogen) atoms. The summed E-state index contributed by atoms with van der Waals surface area (Å²) in [6.45, 7) is 4.97. The molecule has 0 bridgehead atoms. The fourth-order valence-corrected chi connectivity index (χ4v) is 1.79. The molecule has 0 saturated heterocycles. The molecule has 7 nitrogen and oxygen atoms in total. The Labute approximate surface area is 125 Å². The second kappa shape index (κ2) is 10.1. The van der Waals surface area contributed by atoms with Crippen LogP contribution in [-0.4, -0.2) is 67.8 Å². The van der Waals surface area contributed by atoms with Crippen LogP contribution in [0.25, 0.3) is 0 Å². The van der Waals surface area contributed by atoms with Crippen molar-refractivity contribution in [2.45, 2.75) is 13.3 Å². The lowest BCUT2D eigenvalue weighted by molar-refractivity contribution is 0.0668. The molecular formula is C14H24N4O3. The van der Waals surface area contributed by atoms with Crippen LogP contribution in [0.1, 0.15) is 23.8 Å². The fraction of sp³-hybridized carbons (Fsp3) is 0.643. The second-order valence-corrected chi connectivity index (χ2v) is 4.45. The van der Waals surface area contributed by atoms with Crippen molar-refractivity contribution in [3.05, 3.63) is 18.1 Å². The zero-order chi connectivity index (χ0) is 15.5. The molecule has 0 aliphatic heterocycles. The Hall–Kier alpha value is -1.73. The Bertz CT molecular complexity index is 411. The van der Waals surface area contributed by atoms with E-state index in [0.29, 0.717) is 37.8 Å². The Morgan fingerprint density at radius 1 is 1.19 bits per heavy atom. The van der Waals surface area contributed by atoms with E-state index in [-0.39, 0.29) is 5.91 Å². The number of nitrogens with zero attached hydrogens (tertiary/aromatic N) is 3. The average molecular weight is 296 g/mol. The molecule has 0 atom stereocenters. The quantitative estimate of drug-likeness (QED) is 0.650. The van der Waals surface area contributed by atoms with E-state index in [1.54, 1.807) is 25.3 Å². The molecule has 0 unspecified atom stereocenters. The molecule has 1 N–H and O–H groups in total. The van der Waals surface area contributed by atoms with Gasteiger partial charge in [0.05, 0.1) is 19.0 Å². The van der Waals surface area contributed by atoms with E-state index in [9.17, 15) is 4.79 Å². The van der Waals surface area contributed by atoms with Gasteiger partial charge in [-0.25, -0.2) is 9.97 Å². The van der Waals surface area contributed by atoms with E-state index in [2.05, 4.69) is 15.3 Å². The maximum Gasteiger partial charge on any atom is 0.274 e. The number of hydrogen-bond donors (Lipinski definition) is 1. The summed E-state index contributed by atoms with van der Waals surface area (Å²) in [6.07, 6.45) is 3.84. The fourth-order valence-electron chi connectivity index (χ4n) is 1.79. The van der Waals surface area contributed by atoms with Crippen LogP contribution < -0.4 is 5.32 Å². The van der Waals surface area contributed by atoms with Gasteiger partial charge in [-0.3, -0.25) is 4.79 Å². The normalized spacial score (nSPS) is 10.4. The highest BCUT2D eigenvalue weighted by molar-refractivity contribution is 5.92. The van der Waals surface area contributed by atoms with E-state index in [1.807, 2.05) is 6.92 Å². The topological polar surface area (TPSA) is 76.6 Å². The number of anilines is 1. The summed E-state index contributed by atoms with van der Waals surface area (Å²) in [5.74, 6) is 0.524. The van der Waals surface area contributed by atoms with E-state index in [4.69, 9.17) is 9.47 Å². The predicted octanol–water partition coefficient (Wildman–Crippen LogP) is 1.03. The molecule has 1 amide bonds. The Kier molecular flexibility index (Phi) is 8.30. The van der Waals surface area contributed by atoms with Crippen LogP contribution in [0.2, 0.25) is 0 Å². The van der Waals surface area contributed by atoms with Crippen molar-refractivity contribution in [2.75, 3.05) is 52.4 Å². The Morgan fingerprint density at radius 2 is 1.95 bits per heavy atom. The molecule has 0 aliphatic carbocycles. The van der Waals surface area contributed by atoms with Gasteiger partial charge in [0.1, 0.15) is 11.5 Å². The van der Waals surface area contributed by atoms with Crippen LogP contribution in [0, 0.1) is 0 Å². The lowest BCUT2D eigenvalue weighted by Gasteiger charge is -2.21. The number of aromatic nitrogens is 2. The molecule has 0 radical (unpaired) electrons. The van der Waals surface area contributed by atoms with Gasteiger partial charge in [0.2, 0.25) is 0 Å². The summed E-state index contributed by atoms with van der Waals surface area (Å²) < 4.78 is 10.1. The van der Waals surface area contributed by atoms with Crippen molar-refractivity contribution in [1.29, 1.82) is 0 Å². The van der Waals surface area contributed by atoms with E-state index >= 15 is 0 Å². The third-order valence-corrected chi connectivity index (χ3v) is 2.86. The average Bonchev–Trinajstić information content (AvgIpc) is 2.51. The van der Waals surface area contributed by atoms with Crippen LogP contribution in [-0.2, 0) is 9.47 Å². The van der Waals surface area contributed by atoms with Crippen LogP contribution in [0.3, 0.4) is 0 Å². The first-order valence-electron chi connectivity index (χ1n) is 7.06. The predicted molar refractivity (Wildman–Crippen MR) is 80.5 cm³/mol. The van der Waals surface area contributed by atoms with Crippen molar-refractivity contribution in [3.63, 3.8) is 0 Å². The van der Waals surface area contributed by atoms with Gasteiger partial charge in [0.25, 0.3) is 5.91 Å². The minimum absolute atomic E-state index is 0.140. The molecule has 7 heteroatoms. The molecule has 0 aliphatic rings. The summed E-state index contributed by atoms with van der Waals surface area (Å²) in [6, 6.07) is 0. The SMILES string of the molecule is CCNc1cnc(C(=O)N(CCCOC)CCOC)cn1. The van der Waals surface area contributed by atoms with Crippen LogP contribution >= 0.6 is 0 Å². The number of carbonyl (C=O) groups excluding carboxylic acids is 1. The number of carbonyl (C=O) groups is 1. The monoisotopic (exact) mass is 296 g/mol. The molecule has 1 aromatic rings. The summed E-state index contributed by atoms with van der Waals surface area (Å²) in [7, 11) is 3.26. The van der Waals surface area contributed by atoms with Crippen molar-refractivity contribution >= 4 is 11.7 Å². The molecule has 0 spiro atoms. The van der Waals surface area contributed by atoms with E-state index in [1.165, 1.54) is 6.20 Å². The minimum Gasteiger partial charge on any atom is -0.385 e. The van der Waals surface area contributed by atoms with Crippen LogP contribution in [0.4, 0.5) is 5.82 Å². The molecule has 0 saturated carbocycles. The van der Waals surface area contributed by atoms with Crippen molar-refractivity contribution < 1.29 is 14.3 Å². The van der Waals surface area contributed by atoms with Crippen LogP contribution in [0.5, 0.6) is 0 Å². The zero-order valence-corrected chi connectivity index (χ0v) is 13.0. The van der Waals surface area contributed by atoms with E-state index < -0.39 is 0 Å². The number of nitrogens with one attached hydrogen (secondary N) is 1. The summed E-state index contributed by atoms with van der Waals surface area (Å²) in [4.78, 5) is 22.5. The number of amides is 1. The molecule has 0 fully saturated rings. The first-order valence-corrected chi connectivity index (χ1v) is 7.06. The lowest BCUT2D eigenvalue weighted by atomic mass is 10.3. The maximum absolute atomic E-state index is 12.4. The number of rotatable bonds is 10. The smallest absolute Gasteiger partial charge is 0.274 e. The summed E-state index contributed by atoms with van der Waals surface area (Å²) >= 11 is 0. The Balaban J connectivity index is 2.68. The molecular weight excluding hydrogens is 272 g/mol. The highest BCUT2D eigenvalue weighted by Gasteiger charge is 2.17. The molecule has 1 heterocycles. The van der Waals surface area contributed by atoms with Crippen molar-refractivity contribution in [2.24, 2.45) is 0 Å². The third kappa shape index (κ3) is 6.05. The van der Waals surface area contributed by atoms with Crippen LogP contribution in [0.15, 0.2) is 12.4 Å². The van der Waals surface area contributed by atoms with E-state index in [0.717, 1.165) is 13.0 Å². The molecule has 1 rings (SSSR count).